The number of amides is 2. The third-order valence-corrected chi connectivity index (χ3v) is 14.8. The maximum Gasteiger partial charge on any atom is 0.290 e. The fourth-order valence-electron chi connectivity index (χ4n) is 7.32. The topological polar surface area (TPSA) is 197 Å². The molecule has 2 atom stereocenters. The molecular formula is C47H41Cl2N5O9S2. The SMILES string of the molecule is CC(=O)Nc1nc(C)c(S(=O)(=O)N2Cc3cc4c(cc3CC2C(=O)NCCc2ccc(-c3ccc(C#N)cc3)cc2)OC[C@@H](c2ccc(OCc3ccc(Cl)c(Cl)c3)cc2)O4)s1.O=CO. The second-order valence-electron chi connectivity index (χ2n) is 15.0. The zero-order valence-electron chi connectivity index (χ0n) is 34.9. The van der Waals surface area contributed by atoms with Crippen molar-refractivity contribution in [1.82, 2.24) is 14.6 Å². The van der Waals surface area contributed by atoms with Gasteiger partial charge >= 0.3 is 0 Å². The maximum atomic E-state index is 14.5. The first-order valence-electron chi connectivity index (χ1n) is 20.1. The number of aryl methyl sites for hydroxylation is 1. The Bertz CT molecular complexity index is 2870. The van der Waals surface area contributed by atoms with Crippen molar-refractivity contribution in [1.29, 1.82) is 5.26 Å². The number of anilines is 1. The van der Waals surface area contributed by atoms with Crippen LogP contribution in [0, 0.1) is 18.3 Å². The van der Waals surface area contributed by atoms with Gasteiger partial charge in [-0.15, -0.1) is 0 Å². The largest absolute Gasteiger partial charge is 0.489 e. The predicted octanol–water partition coefficient (Wildman–Crippen LogP) is 8.52. The summed E-state index contributed by atoms with van der Waals surface area (Å²) in [4.78, 5) is 38.5. The number of hydrogen-bond donors (Lipinski definition) is 3. The van der Waals surface area contributed by atoms with Crippen LogP contribution in [0.1, 0.15) is 52.1 Å². The predicted molar refractivity (Wildman–Crippen MR) is 246 cm³/mol. The second kappa shape index (κ2) is 20.6. The van der Waals surface area contributed by atoms with Gasteiger partial charge in [-0.05, 0) is 107 Å². The number of hydrogen-bond acceptors (Lipinski definition) is 11. The summed E-state index contributed by atoms with van der Waals surface area (Å²) >= 11 is 13.0. The van der Waals surface area contributed by atoms with E-state index in [0.717, 1.165) is 44.7 Å². The van der Waals surface area contributed by atoms with E-state index >= 15 is 0 Å². The molecule has 6 aromatic rings. The smallest absolute Gasteiger partial charge is 0.290 e. The van der Waals surface area contributed by atoms with Crippen LogP contribution in [0.2, 0.25) is 10.0 Å². The summed E-state index contributed by atoms with van der Waals surface area (Å²) in [6, 6.07) is 32.8. The lowest BCUT2D eigenvalue weighted by Crippen LogP contribution is -2.52. The van der Waals surface area contributed by atoms with Crippen molar-refractivity contribution in [2.45, 2.75) is 56.2 Å². The van der Waals surface area contributed by atoms with Crippen molar-refractivity contribution in [2.75, 3.05) is 18.5 Å². The maximum absolute atomic E-state index is 14.5. The molecular weight excluding hydrogens is 914 g/mol. The molecule has 3 heterocycles. The highest BCUT2D eigenvalue weighted by molar-refractivity contribution is 7.91. The molecule has 3 N–H and O–H groups in total. The van der Waals surface area contributed by atoms with E-state index in [9.17, 15) is 18.0 Å². The number of nitrogens with one attached hydrogen (secondary N) is 2. The summed E-state index contributed by atoms with van der Waals surface area (Å²) in [6.45, 7) is 3.32. The van der Waals surface area contributed by atoms with E-state index in [4.69, 9.17) is 52.6 Å². The molecule has 0 fully saturated rings. The Balaban J connectivity index is 0.00000204. The van der Waals surface area contributed by atoms with Crippen LogP contribution in [-0.2, 0) is 50.4 Å². The summed E-state index contributed by atoms with van der Waals surface area (Å²) in [5.41, 5.74) is 6.92. The Hall–Kier alpha value is -6.48. The van der Waals surface area contributed by atoms with Gasteiger partial charge in [0.2, 0.25) is 11.8 Å². The first-order chi connectivity index (χ1) is 31.3. The van der Waals surface area contributed by atoms with E-state index < -0.39 is 28.1 Å². The monoisotopic (exact) mass is 953 g/mol. The lowest BCUT2D eigenvalue weighted by molar-refractivity contribution is -0.125. The van der Waals surface area contributed by atoms with Crippen molar-refractivity contribution in [3.63, 3.8) is 0 Å². The first kappa shape index (κ1) is 46.5. The van der Waals surface area contributed by atoms with Crippen molar-refractivity contribution in [2.24, 2.45) is 0 Å². The molecule has 8 rings (SSSR count). The molecule has 0 bridgehead atoms. The average molecular weight is 955 g/mol. The minimum absolute atomic E-state index is 0.0631. The molecule has 0 saturated heterocycles. The molecule has 2 amide bonds. The molecule has 14 nitrogen and oxygen atoms in total. The normalized spacial score (nSPS) is 15.3. The molecule has 5 aromatic carbocycles. The quantitative estimate of drug-likeness (QED) is 0.0995. The third kappa shape index (κ3) is 11.1. The van der Waals surface area contributed by atoms with Gasteiger partial charge in [0, 0.05) is 20.0 Å². The Morgan fingerprint density at radius 1 is 0.954 bits per heavy atom. The lowest BCUT2D eigenvalue weighted by atomic mass is 9.94. The number of carbonyl (C=O) groups is 3. The van der Waals surface area contributed by atoms with Crippen LogP contribution in [0.4, 0.5) is 5.13 Å². The number of rotatable bonds is 12. The average Bonchev–Trinajstić information content (AvgIpc) is 3.68. The summed E-state index contributed by atoms with van der Waals surface area (Å²) in [5, 5.41) is 22.6. The minimum Gasteiger partial charge on any atom is -0.489 e. The van der Waals surface area contributed by atoms with E-state index in [1.54, 1.807) is 37.3 Å². The van der Waals surface area contributed by atoms with Gasteiger partial charge in [-0.2, -0.15) is 9.57 Å². The molecule has 65 heavy (non-hydrogen) atoms. The van der Waals surface area contributed by atoms with Crippen LogP contribution in [-0.4, -0.2) is 60.3 Å². The molecule has 334 valence electrons. The molecule has 18 heteroatoms. The molecule has 1 unspecified atom stereocenters. The molecule has 2 aliphatic rings. The number of halogens is 2. The molecule has 0 aliphatic carbocycles. The van der Waals surface area contributed by atoms with E-state index in [0.29, 0.717) is 51.4 Å². The molecule has 0 radical (unpaired) electrons. The van der Waals surface area contributed by atoms with E-state index in [-0.39, 0.29) is 53.5 Å². The highest BCUT2D eigenvalue weighted by Gasteiger charge is 2.42. The standard InChI is InChI=1S/C46H39Cl2N5O7S2.CH2O2/c1-27-45(61-46(51-27)52-28(2)54)62(56,57)53-24-36-22-42-41(59-26-43(60-42)34-12-14-37(15-13-34)58-25-31-7-16-38(47)39(48)19-31)21-35(36)20-40(53)44(55)50-18-17-29-3-8-32(9-4-29)33-10-5-30(23-49)6-11-33;2-1-3/h3-16,19,21-22,40,43H,17-18,20,24-26H2,1-2H3,(H,50,55)(H,51,52,54);1H,(H,2,3)/t40?,43-;/m0./s1. The number of aromatic nitrogens is 1. The van der Waals surface area contributed by atoms with Crippen molar-refractivity contribution in [3.05, 3.63) is 152 Å². The van der Waals surface area contributed by atoms with Crippen LogP contribution in [0.5, 0.6) is 17.2 Å². The van der Waals surface area contributed by atoms with Gasteiger partial charge in [0.05, 0.1) is 27.4 Å². The Morgan fingerprint density at radius 2 is 1.62 bits per heavy atom. The van der Waals surface area contributed by atoms with Gasteiger partial charge in [-0.3, -0.25) is 14.4 Å². The number of benzene rings is 5. The zero-order valence-corrected chi connectivity index (χ0v) is 38.1. The van der Waals surface area contributed by atoms with Gasteiger partial charge in [0.15, 0.2) is 26.9 Å². The number of thiazole rings is 1. The highest BCUT2D eigenvalue weighted by atomic mass is 35.5. The number of sulfonamides is 1. The van der Waals surface area contributed by atoms with Gasteiger partial charge in [0.25, 0.3) is 16.5 Å². The number of fused-ring (bicyclic) bond motifs is 2. The van der Waals surface area contributed by atoms with Gasteiger partial charge in [-0.25, -0.2) is 13.4 Å². The molecule has 0 saturated carbocycles. The van der Waals surface area contributed by atoms with Crippen molar-refractivity contribution in [3.8, 4) is 34.4 Å². The minimum atomic E-state index is -4.30. The third-order valence-electron chi connectivity index (χ3n) is 10.6. The van der Waals surface area contributed by atoms with Crippen LogP contribution in [0.25, 0.3) is 11.1 Å². The number of carboxylic acid groups (broad SMARTS) is 1. The summed E-state index contributed by atoms with van der Waals surface area (Å²) in [6.07, 6.45) is 0.142. The van der Waals surface area contributed by atoms with Crippen molar-refractivity contribution < 1.29 is 42.1 Å². The zero-order chi connectivity index (χ0) is 46.3. The number of nitrogens with zero attached hydrogens (tertiary/aromatic N) is 3. The highest BCUT2D eigenvalue weighted by Crippen LogP contribution is 2.42. The summed E-state index contributed by atoms with van der Waals surface area (Å²) in [7, 11) is -4.30. The van der Waals surface area contributed by atoms with Gasteiger partial charge < -0.3 is 30.0 Å². The number of nitriles is 1. The van der Waals surface area contributed by atoms with Crippen LogP contribution >= 0.6 is 34.5 Å². The van der Waals surface area contributed by atoms with Gasteiger partial charge in [0.1, 0.15) is 25.0 Å². The van der Waals surface area contributed by atoms with Crippen LogP contribution in [0.15, 0.2) is 107 Å². The first-order valence-corrected chi connectivity index (χ1v) is 23.1. The fraction of sp³-hybridized carbons (Fsp3) is 0.213. The van der Waals surface area contributed by atoms with Crippen LogP contribution in [0.3, 0.4) is 0 Å². The lowest BCUT2D eigenvalue weighted by Gasteiger charge is -2.36. The van der Waals surface area contributed by atoms with E-state index in [1.165, 1.54) is 11.2 Å². The fourth-order valence-corrected chi connectivity index (χ4v) is 10.8. The summed E-state index contributed by atoms with van der Waals surface area (Å²) in [5.74, 6) is 0.773. The van der Waals surface area contributed by atoms with Gasteiger partial charge in [-0.1, -0.05) is 89.1 Å². The summed E-state index contributed by atoms with van der Waals surface area (Å²) < 4.78 is 48.8. The second-order valence-corrected chi connectivity index (χ2v) is 18.9. The Kier molecular flexibility index (Phi) is 14.7. The number of carbonyl (C=O) groups excluding carboxylic acids is 2. The van der Waals surface area contributed by atoms with Crippen molar-refractivity contribution >= 4 is 68.0 Å². The molecule has 1 aromatic heterocycles. The van der Waals surface area contributed by atoms with E-state index in [2.05, 4.69) is 21.7 Å². The molecule has 2 aliphatic heterocycles. The Labute approximate surface area is 389 Å². The molecule has 0 spiro atoms. The van der Waals surface area contributed by atoms with E-state index in [1.807, 2.05) is 72.8 Å². The van der Waals surface area contributed by atoms with Crippen LogP contribution < -0.4 is 24.8 Å². The number of ether oxygens (including phenoxy) is 3. The Morgan fingerprint density at radius 3 is 2.28 bits per heavy atom.